The van der Waals surface area contributed by atoms with E-state index in [1.165, 1.54) is 12.6 Å². The number of hydrogen-bond acceptors (Lipinski definition) is 4. The number of aromatic nitrogens is 1. The molecule has 0 amide bonds. The van der Waals surface area contributed by atoms with Crippen LogP contribution >= 0.6 is 0 Å². The highest BCUT2D eigenvalue weighted by atomic mass is 32.2. The largest absolute Gasteiger partial charge is 0.325 e. The van der Waals surface area contributed by atoms with Gasteiger partial charge in [0.25, 0.3) is 0 Å². The minimum Gasteiger partial charge on any atom is -0.325 e. The Hall–Kier alpha value is -0.980. The molecule has 0 radical (unpaired) electrons. The van der Waals surface area contributed by atoms with Crippen LogP contribution < -0.4 is 10.5 Å². The molecule has 5 nitrogen and oxygen atoms in total. The van der Waals surface area contributed by atoms with E-state index in [4.69, 9.17) is 5.73 Å². The van der Waals surface area contributed by atoms with Crippen LogP contribution in [0, 0.1) is 5.92 Å². The highest BCUT2D eigenvalue weighted by Gasteiger charge is 2.27. The van der Waals surface area contributed by atoms with Crippen molar-refractivity contribution in [3.63, 3.8) is 0 Å². The Balaban J connectivity index is 2.08. The van der Waals surface area contributed by atoms with Crippen molar-refractivity contribution in [2.45, 2.75) is 43.7 Å². The van der Waals surface area contributed by atoms with Crippen molar-refractivity contribution in [2.24, 2.45) is 11.7 Å². The molecule has 0 spiro atoms. The van der Waals surface area contributed by atoms with Crippen molar-refractivity contribution in [3.05, 3.63) is 24.0 Å². The number of nitrogens with one attached hydrogen (secondary N) is 1. The van der Waals surface area contributed by atoms with Crippen molar-refractivity contribution in [1.82, 2.24) is 9.71 Å². The molecular weight excluding hydrogens is 250 g/mol. The minimum atomic E-state index is -3.46. The first-order valence-corrected chi connectivity index (χ1v) is 7.68. The summed E-state index contributed by atoms with van der Waals surface area (Å²) in [6.07, 6.45) is 4.77. The molecule has 1 fully saturated rings. The summed E-state index contributed by atoms with van der Waals surface area (Å²) in [4.78, 5) is 4.21. The Kier molecular flexibility index (Phi) is 3.99. The number of nitrogens with two attached hydrogens (primary N) is 1. The summed E-state index contributed by atoms with van der Waals surface area (Å²) in [7, 11) is -3.46. The summed E-state index contributed by atoms with van der Waals surface area (Å²) < 4.78 is 26.9. The van der Waals surface area contributed by atoms with Crippen LogP contribution in [-0.2, 0) is 16.6 Å². The molecule has 1 aliphatic rings. The summed E-state index contributed by atoms with van der Waals surface area (Å²) in [6, 6.07) is 3.17. The molecule has 6 heteroatoms. The highest BCUT2D eigenvalue weighted by Crippen LogP contribution is 2.30. The van der Waals surface area contributed by atoms with Crippen molar-refractivity contribution < 1.29 is 8.42 Å². The van der Waals surface area contributed by atoms with Crippen LogP contribution in [0.1, 0.15) is 31.9 Å². The maximum Gasteiger partial charge on any atom is 0.242 e. The predicted octanol–water partition coefficient (Wildman–Crippen LogP) is 1.01. The first-order chi connectivity index (χ1) is 8.53. The molecule has 1 unspecified atom stereocenters. The molecule has 100 valence electrons. The summed E-state index contributed by atoms with van der Waals surface area (Å²) in [5.74, 6) is 0.469. The minimum absolute atomic E-state index is 0.0158. The zero-order valence-electron chi connectivity index (χ0n) is 10.5. The molecular formula is C12H19N3O2S. The number of pyridine rings is 1. The standard InChI is InChI=1S/C12H19N3O2S/c1-9(10-3-2-4-10)15-18(16,17)12-6-5-11(7-13)14-8-12/h5-6,8-10,15H,2-4,7,13H2,1H3. The Bertz CT molecular complexity index is 495. The van der Waals surface area contributed by atoms with Gasteiger partial charge in [0.2, 0.25) is 10.0 Å². The molecule has 0 aliphatic heterocycles. The Morgan fingerprint density at radius 3 is 2.67 bits per heavy atom. The second kappa shape index (κ2) is 5.34. The normalized spacial score (nSPS) is 18.3. The molecule has 0 saturated heterocycles. The Morgan fingerprint density at radius 1 is 1.50 bits per heavy atom. The molecule has 1 atom stereocenters. The lowest BCUT2D eigenvalue weighted by atomic mass is 9.81. The molecule has 1 aromatic rings. The van der Waals surface area contributed by atoms with Crippen LogP contribution in [0.5, 0.6) is 0 Å². The quantitative estimate of drug-likeness (QED) is 0.835. The highest BCUT2D eigenvalue weighted by molar-refractivity contribution is 7.89. The van der Waals surface area contributed by atoms with Crippen LogP contribution in [0.2, 0.25) is 0 Å². The molecule has 1 heterocycles. The average Bonchev–Trinajstić information content (AvgIpc) is 2.26. The molecule has 1 saturated carbocycles. The van der Waals surface area contributed by atoms with Gasteiger partial charge in [0, 0.05) is 18.8 Å². The zero-order valence-corrected chi connectivity index (χ0v) is 11.3. The van der Waals surface area contributed by atoms with Crippen molar-refractivity contribution >= 4 is 10.0 Å². The lowest BCUT2D eigenvalue weighted by Gasteiger charge is -2.31. The van der Waals surface area contributed by atoms with E-state index in [9.17, 15) is 8.42 Å². The first-order valence-electron chi connectivity index (χ1n) is 6.20. The summed E-state index contributed by atoms with van der Waals surface area (Å²) in [5.41, 5.74) is 6.11. The van der Waals surface area contributed by atoms with Crippen molar-refractivity contribution in [3.8, 4) is 0 Å². The Morgan fingerprint density at radius 2 is 2.22 bits per heavy atom. The maximum atomic E-state index is 12.1. The SMILES string of the molecule is CC(NS(=O)(=O)c1ccc(CN)nc1)C1CCC1. The van der Waals surface area contributed by atoms with E-state index >= 15 is 0 Å². The average molecular weight is 269 g/mol. The van der Waals surface area contributed by atoms with Crippen molar-refractivity contribution in [2.75, 3.05) is 0 Å². The van der Waals surface area contributed by atoms with Crippen LogP contribution in [0.25, 0.3) is 0 Å². The van der Waals surface area contributed by atoms with Gasteiger partial charge in [-0.25, -0.2) is 13.1 Å². The van der Waals surface area contributed by atoms with Gasteiger partial charge in [-0.1, -0.05) is 6.42 Å². The molecule has 1 aliphatic carbocycles. The smallest absolute Gasteiger partial charge is 0.242 e. The molecule has 0 bridgehead atoms. The zero-order chi connectivity index (χ0) is 13.2. The Labute approximate surface area is 108 Å². The number of hydrogen-bond donors (Lipinski definition) is 2. The molecule has 3 N–H and O–H groups in total. The summed E-state index contributed by atoms with van der Waals surface area (Å²) >= 11 is 0. The molecule has 0 aromatic carbocycles. The van der Waals surface area contributed by atoms with E-state index in [1.807, 2.05) is 6.92 Å². The van der Waals surface area contributed by atoms with Gasteiger partial charge in [0.1, 0.15) is 4.90 Å². The fourth-order valence-corrected chi connectivity index (χ4v) is 3.30. The third-order valence-electron chi connectivity index (χ3n) is 3.52. The predicted molar refractivity (Wildman–Crippen MR) is 69.3 cm³/mol. The van der Waals surface area contributed by atoms with E-state index in [-0.39, 0.29) is 10.9 Å². The molecule has 1 aromatic heterocycles. The van der Waals surface area contributed by atoms with Gasteiger partial charge in [-0.05, 0) is 37.8 Å². The lowest BCUT2D eigenvalue weighted by Crippen LogP contribution is -2.40. The number of rotatable bonds is 5. The van der Waals surface area contributed by atoms with Crippen molar-refractivity contribution in [1.29, 1.82) is 0 Å². The third-order valence-corrected chi connectivity index (χ3v) is 5.06. The molecule has 18 heavy (non-hydrogen) atoms. The van der Waals surface area contributed by atoms with E-state index in [2.05, 4.69) is 9.71 Å². The van der Waals surface area contributed by atoms with Crippen LogP contribution in [0.4, 0.5) is 0 Å². The van der Waals surface area contributed by atoms with E-state index < -0.39 is 10.0 Å². The fraction of sp³-hybridized carbons (Fsp3) is 0.583. The van der Waals surface area contributed by atoms with Gasteiger partial charge in [0.15, 0.2) is 0 Å². The maximum absolute atomic E-state index is 12.1. The third kappa shape index (κ3) is 2.88. The number of nitrogens with zero attached hydrogens (tertiary/aromatic N) is 1. The van der Waals surface area contributed by atoms with E-state index in [0.29, 0.717) is 18.2 Å². The van der Waals surface area contributed by atoms with E-state index in [0.717, 1.165) is 12.8 Å². The van der Waals surface area contributed by atoms with Gasteiger partial charge >= 0.3 is 0 Å². The van der Waals surface area contributed by atoms with Gasteiger partial charge in [-0.3, -0.25) is 4.98 Å². The summed E-state index contributed by atoms with van der Waals surface area (Å²) in [5, 5.41) is 0. The second-order valence-electron chi connectivity index (χ2n) is 4.79. The van der Waals surface area contributed by atoms with Gasteiger partial charge in [-0.2, -0.15) is 0 Å². The molecule has 2 rings (SSSR count). The van der Waals surface area contributed by atoms with Crippen LogP contribution in [-0.4, -0.2) is 19.4 Å². The topological polar surface area (TPSA) is 85.1 Å². The lowest BCUT2D eigenvalue weighted by molar-refractivity contribution is 0.260. The van der Waals surface area contributed by atoms with Crippen LogP contribution in [0.3, 0.4) is 0 Å². The van der Waals surface area contributed by atoms with Gasteiger partial charge < -0.3 is 5.73 Å². The monoisotopic (exact) mass is 269 g/mol. The fourth-order valence-electron chi connectivity index (χ4n) is 2.04. The van der Waals surface area contributed by atoms with Crippen LogP contribution in [0.15, 0.2) is 23.2 Å². The summed E-state index contributed by atoms with van der Waals surface area (Å²) in [6.45, 7) is 2.23. The van der Waals surface area contributed by atoms with Gasteiger partial charge in [0.05, 0.1) is 5.69 Å². The van der Waals surface area contributed by atoms with E-state index in [1.54, 1.807) is 12.1 Å². The second-order valence-corrected chi connectivity index (χ2v) is 6.50. The number of sulfonamides is 1. The first kappa shape index (κ1) is 13.5. The van der Waals surface area contributed by atoms with Gasteiger partial charge in [-0.15, -0.1) is 0 Å².